The largest absolute Gasteiger partial charge is 0.345 e. The fourth-order valence-corrected chi connectivity index (χ4v) is 4.67. The topological polar surface area (TPSA) is 79.6 Å². The summed E-state index contributed by atoms with van der Waals surface area (Å²) in [6.07, 6.45) is 0.987. The van der Waals surface area contributed by atoms with Crippen molar-refractivity contribution in [2.45, 2.75) is 13.3 Å². The van der Waals surface area contributed by atoms with Crippen LogP contribution in [0.2, 0.25) is 5.02 Å². The number of nitro benzene ring substituents is 1. The molecule has 0 unspecified atom stereocenters. The Bertz CT molecular complexity index is 1090. The fraction of sp³-hybridized carbons (Fsp3) is 0.300. The number of aromatic nitrogens is 1. The highest BCUT2D eigenvalue weighted by molar-refractivity contribution is 7.22. The molecular formula is C20H19ClN4O3S. The van der Waals surface area contributed by atoms with Gasteiger partial charge in [0.1, 0.15) is 5.56 Å². The third-order valence-corrected chi connectivity index (χ3v) is 6.39. The van der Waals surface area contributed by atoms with Gasteiger partial charge in [0.15, 0.2) is 5.13 Å². The summed E-state index contributed by atoms with van der Waals surface area (Å²) in [5.74, 6) is -0.343. The van der Waals surface area contributed by atoms with E-state index in [1.54, 1.807) is 16.2 Å². The Morgan fingerprint density at radius 1 is 1.21 bits per heavy atom. The Kier molecular flexibility index (Phi) is 5.38. The maximum Gasteiger partial charge on any atom is 0.283 e. The van der Waals surface area contributed by atoms with E-state index in [0.29, 0.717) is 26.2 Å². The van der Waals surface area contributed by atoms with E-state index in [9.17, 15) is 14.9 Å². The van der Waals surface area contributed by atoms with Crippen LogP contribution in [-0.2, 0) is 6.42 Å². The number of amides is 1. The Balaban J connectivity index is 1.48. The summed E-state index contributed by atoms with van der Waals surface area (Å²) in [7, 11) is 0. The van der Waals surface area contributed by atoms with Gasteiger partial charge in [0.25, 0.3) is 11.6 Å². The van der Waals surface area contributed by atoms with Crippen molar-refractivity contribution in [3.05, 3.63) is 62.7 Å². The standard InChI is InChI=1S/C20H19ClN4O3S/c1-2-13-3-6-16-18(11-13)29-20(22-16)24-9-7-23(8-10-24)19(26)15-5-4-14(21)12-17(15)25(27)28/h3-6,11-12H,2,7-10H2,1H3. The Labute approximate surface area is 176 Å². The second-order valence-electron chi connectivity index (χ2n) is 6.85. The van der Waals surface area contributed by atoms with Gasteiger partial charge in [0.05, 0.1) is 15.1 Å². The summed E-state index contributed by atoms with van der Waals surface area (Å²) in [6, 6.07) is 10.5. The van der Waals surface area contributed by atoms with Crippen molar-refractivity contribution in [2.75, 3.05) is 31.1 Å². The summed E-state index contributed by atoms with van der Waals surface area (Å²) >= 11 is 7.50. The van der Waals surface area contributed by atoms with Gasteiger partial charge in [-0.2, -0.15) is 0 Å². The normalized spacial score (nSPS) is 14.4. The number of halogens is 1. The SMILES string of the molecule is CCc1ccc2nc(N3CCN(C(=O)c4ccc(Cl)cc4[N+](=O)[O-])CC3)sc2c1. The minimum absolute atomic E-state index is 0.0694. The molecule has 2 aromatic carbocycles. The van der Waals surface area contributed by atoms with Gasteiger partial charge in [-0.25, -0.2) is 4.98 Å². The zero-order valence-corrected chi connectivity index (χ0v) is 17.4. The van der Waals surface area contributed by atoms with Gasteiger partial charge in [0.2, 0.25) is 0 Å². The summed E-state index contributed by atoms with van der Waals surface area (Å²) in [5.41, 5.74) is 2.08. The van der Waals surface area contributed by atoms with Crippen LogP contribution in [-0.4, -0.2) is 46.9 Å². The predicted molar refractivity (Wildman–Crippen MR) is 115 cm³/mol. The maximum atomic E-state index is 12.8. The molecule has 1 aromatic heterocycles. The molecule has 0 spiro atoms. The van der Waals surface area contributed by atoms with E-state index in [1.807, 2.05) is 6.07 Å². The van der Waals surface area contributed by atoms with E-state index in [4.69, 9.17) is 16.6 Å². The molecule has 0 N–H and O–H groups in total. The molecule has 1 amide bonds. The number of fused-ring (bicyclic) bond motifs is 1. The number of aryl methyl sites for hydroxylation is 1. The molecule has 0 aliphatic carbocycles. The Morgan fingerprint density at radius 3 is 2.66 bits per heavy atom. The van der Waals surface area contributed by atoms with Crippen LogP contribution in [0.15, 0.2) is 36.4 Å². The first-order chi connectivity index (χ1) is 14.0. The zero-order valence-electron chi connectivity index (χ0n) is 15.8. The van der Waals surface area contributed by atoms with E-state index < -0.39 is 4.92 Å². The Hall–Kier alpha value is -2.71. The molecule has 1 aliphatic rings. The van der Waals surface area contributed by atoms with Crippen molar-refractivity contribution in [1.82, 2.24) is 9.88 Å². The molecule has 0 atom stereocenters. The molecule has 29 heavy (non-hydrogen) atoms. The van der Waals surface area contributed by atoms with E-state index in [1.165, 1.54) is 23.8 Å². The summed E-state index contributed by atoms with van der Waals surface area (Å²) < 4.78 is 1.16. The molecule has 3 aromatic rings. The Morgan fingerprint density at radius 2 is 1.97 bits per heavy atom. The first kappa shape index (κ1) is 19.6. The highest BCUT2D eigenvalue weighted by atomic mass is 35.5. The lowest BCUT2D eigenvalue weighted by molar-refractivity contribution is -0.385. The molecule has 7 nitrogen and oxygen atoms in total. The molecular weight excluding hydrogens is 412 g/mol. The van der Waals surface area contributed by atoms with Crippen LogP contribution in [0.5, 0.6) is 0 Å². The predicted octanol–water partition coefficient (Wildman–Crippen LogP) is 4.38. The molecule has 4 rings (SSSR count). The fourth-order valence-electron chi connectivity index (χ4n) is 3.42. The number of carbonyl (C=O) groups excluding carboxylic acids is 1. The number of thiazole rings is 1. The van der Waals surface area contributed by atoms with Gasteiger partial charge in [0, 0.05) is 37.3 Å². The first-order valence-corrected chi connectivity index (χ1v) is 10.5. The van der Waals surface area contributed by atoms with E-state index in [2.05, 4.69) is 24.0 Å². The number of benzene rings is 2. The quantitative estimate of drug-likeness (QED) is 0.453. The molecule has 0 saturated carbocycles. The van der Waals surface area contributed by atoms with Gasteiger partial charge in [-0.1, -0.05) is 35.9 Å². The minimum atomic E-state index is -0.568. The van der Waals surface area contributed by atoms with Crippen molar-refractivity contribution >= 4 is 49.9 Å². The highest BCUT2D eigenvalue weighted by Crippen LogP contribution is 2.31. The number of nitro groups is 1. The van der Waals surface area contributed by atoms with Crippen molar-refractivity contribution < 1.29 is 9.72 Å². The average molecular weight is 431 g/mol. The first-order valence-electron chi connectivity index (χ1n) is 9.34. The minimum Gasteiger partial charge on any atom is -0.345 e. The molecule has 9 heteroatoms. The molecule has 1 aliphatic heterocycles. The van der Waals surface area contributed by atoms with E-state index in [-0.39, 0.29) is 22.2 Å². The number of anilines is 1. The van der Waals surface area contributed by atoms with Crippen molar-refractivity contribution in [3.8, 4) is 0 Å². The number of nitrogens with zero attached hydrogens (tertiary/aromatic N) is 4. The van der Waals surface area contributed by atoms with Crippen LogP contribution >= 0.6 is 22.9 Å². The molecule has 2 heterocycles. The lowest BCUT2D eigenvalue weighted by Gasteiger charge is -2.34. The van der Waals surface area contributed by atoms with Crippen molar-refractivity contribution in [3.63, 3.8) is 0 Å². The van der Waals surface area contributed by atoms with Gasteiger partial charge >= 0.3 is 0 Å². The monoisotopic (exact) mass is 430 g/mol. The smallest absolute Gasteiger partial charge is 0.283 e. The number of piperazine rings is 1. The lowest BCUT2D eigenvalue weighted by atomic mass is 10.1. The third-order valence-electron chi connectivity index (χ3n) is 5.07. The van der Waals surface area contributed by atoms with Crippen LogP contribution in [0.4, 0.5) is 10.8 Å². The molecule has 1 saturated heterocycles. The summed E-state index contributed by atoms with van der Waals surface area (Å²) in [4.78, 5) is 32.1. The van der Waals surface area contributed by atoms with Crippen LogP contribution in [0.25, 0.3) is 10.2 Å². The molecule has 0 radical (unpaired) electrons. The second-order valence-corrected chi connectivity index (χ2v) is 8.30. The maximum absolute atomic E-state index is 12.8. The van der Waals surface area contributed by atoms with Gasteiger partial charge in [-0.3, -0.25) is 14.9 Å². The third kappa shape index (κ3) is 3.90. The lowest BCUT2D eigenvalue weighted by Crippen LogP contribution is -2.48. The number of rotatable bonds is 4. The number of hydrogen-bond acceptors (Lipinski definition) is 6. The molecule has 150 valence electrons. The van der Waals surface area contributed by atoms with E-state index in [0.717, 1.165) is 21.8 Å². The van der Waals surface area contributed by atoms with Gasteiger partial charge < -0.3 is 9.80 Å². The highest BCUT2D eigenvalue weighted by Gasteiger charge is 2.28. The molecule has 1 fully saturated rings. The van der Waals surface area contributed by atoms with Crippen molar-refractivity contribution in [1.29, 1.82) is 0 Å². The second kappa shape index (κ2) is 7.96. The van der Waals surface area contributed by atoms with E-state index >= 15 is 0 Å². The molecule has 0 bridgehead atoms. The van der Waals surface area contributed by atoms with Crippen LogP contribution in [0.3, 0.4) is 0 Å². The van der Waals surface area contributed by atoms with Crippen LogP contribution in [0, 0.1) is 10.1 Å². The van der Waals surface area contributed by atoms with Gasteiger partial charge in [-0.05, 0) is 36.2 Å². The number of carbonyl (C=O) groups is 1. The number of hydrogen-bond donors (Lipinski definition) is 0. The average Bonchev–Trinajstić information content (AvgIpc) is 3.16. The van der Waals surface area contributed by atoms with Gasteiger partial charge in [-0.15, -0.1) is 0 Å². The van der Waals surface area contributed by atoms with Crippen LogP contribution in [0.1, 0.15) is 22.8 Å². The zero-order chi connectivity index (χ0) is 20.5. The van der Waals surface area contributed by atoms with Crippen molar-refractivity contribution in [2.24, 2.45) is 0 Å². The summed E-state index contributed by atoms with van der Waals surface area (Å²) in [5, 5.41) is 12.5. The van der Waals surface area contributed by atoms with Crippen LogP contribution < -0.4 is 4.90 Å². The summed E-state index contributed by atoms with van der Waals surface area (Å²) in [6.45, 7) is 4.36.